The second kappa shape index (κ2) is 26.5. The van der Waals surface area contributed by atoms with E-state index in [1.165, 1.54) is 6.92 Å². The minimum absolute atomic E-state index is 0.0150. The zero-order valence-corrected chi connectivity index (χ0v) is 21.7. The lowest BCUT2D eigenvalue weighted by Gasteiger charge is -2.22. The van der Waals surface area contributed by atoms with Gasteiger partial charge in [-0.15, -0.1) is 0 Å². The van der Waals surface area contributed by atoms with Gasteiger partial charge in [-0.3, -0.25) is 4.79 Å². The number of rotatable bonds is 30. The summed E-state index contributed by atoms with van der Waals surface area (Å²) in [5.41, 5.74) is 0. The topological polar surface area (TPSA) is 192 Å². The lowest BCUT2D eigenvalue weighted by atomic mass is 10.3. The van der Waals surface area contributed by atoms with Crippen molar-refractivity contribution in [2.75, 3.05) is 106 Å². The van der Waals surface area contributed by atoms with Crippen LogP contribution in [0.2, 0.25) is 0 Å². The average molecular weight is 557 g/mol. The van der Waals surface area contributed by atoms with E-state index >= 15 is 0 Å². The molecule has 15 nitrogen and oxygen atoms in total. The Morgan fingerprint density at radius 1 is 0.579 bits per heavy atom. The lowest BCUT2D eigenvalue weighted by molar-refractivity contribution is -0.143. The second-order valence-electron chi connectivity index (χ2n) is 7.56. The summed E-state index contributed by atoms with van der Waals surface area (Å²) in [6.07, 6.45) is -0.372. The maximum Gasteiger partial charge on any atom is 0.329 e. The van der Waals surface area contributed by atoms with Crippen molar-refractivity contribution in [3.8, 4) is 0 Å². The SMILES string of the molecule is CC(=O)COCCOC(COCCOCC(=O)O)COCC(COCCOCC(=O)O)OCCOCC=O. The summed E-state index contributed by atoms with van der Waals surface area (Å²) in [7, 11) is 0. The lowest BCUT2D eigenvalue weighted by Crippen LogP contribution is -2.32. The third kappa shape index (κ3) is 27.0. The number of carbonyl (C=O) groups excluding carboxylic acids is 2. The molecule has 0 aromatic rings. The maximum atomic E-state index is 11.0. The molecular weight excluding hydrogens is 516 g/mol. The number of aldehydes is 1. The van der Waals surface area contributed by atoms with E-state index in [1.54, 1.807) is 0 Å². The van der Waals surface area contributed by atoms with Crippen LogP contribution >= 0.6 is 0 Å². The van der Waals surface area contributed by atoms with Crippen molar-refractivity contribution in [3.05, 3.63) is 0 Å². The third-order valence-corrected chi connectivity index (χ3v) is 4.06. The van der Waals surface area contributed by atoms with Gasteiger partial charge in [0.2, 0.25) is 0 Å². The molecule has 0 rings (SSSR count). The molecule has 0 aliphatic rings. The molecule has 0 saturated heterocycles. The molecule has 0 aromatic carbocycles. The van der Waals surface area contributed by atoms with Crippen LogP contribution in [0.5, 0.6) is 0 Å². The molecular formula is C23H40O15. The summed E-state index contributed by atoms with van der Waals surface area (Å²) < 4.78 is 48.1. The molecule has 0 aliphatic heterocycles. The Bertz CT molecular complexity index is 616. The van der Waals surface area contributed by atoms with Gasteiger partial charge >= 0.3 is 11.9 Å². The van der Waals surface area contributed by atoms with Crippen LogP contribution in [-0.2, 0) is 61.8 Å². The fraction of sp³-hybridized carbons (Fsp3) is 0.826. The Balaban J connectivity index is 4.53. The van der Waals surface area contributed by atoms with Crippen LogP contribution in [0.4, 0.5) is 0 Å². The van der Waals surface area contributed by atoms with Gasteiger partial charge in [-0.1, -0.05) is 0 Å². The monoisotopic (exact) mass is 556 g/mol. The van der Waals surface area contributed by atoms with E-state index < -0.39 is 37.4 Å². The molecule has 2 atom stereocenters. The van der Waals surface area contributed by atoms with Gasteiger partial charge in [0.25, 0.3) is 0 Å². The smallest absolute Gasteiger partial charge is 0.329 e. The molecule has 0 heterocycles. The Morgan fingerprint density at radius 2 is 0.974 bits per heavy atom. The largest absolute Gasteiger partial charge is 0.480 e. The van der Waals surface area contributed by atoms with Crippen LogP contribution in [0.3, 0.4) is 0 Å². The molecule has 38 heavy (non-hydrogen) atoms. The minimum Gasteiger partial charge on any atom is -0.480 e. The molecule has 2 N–H and O–H groups in total. The first-order valence-corrected chi connectivity index (χ1v) is 12.0. The van der Waals surface area contributed by atoms with Crippen molar-refractivity contribution < 1.29 is 72.0 Å². The van der Waals surface area contributed by atoms with Gasteiger partial charge in [-0.05, 0) is 6.92 Å². The molecule has 222 valence electrons. The van der Waals surface area contributed by atoms with E-state index in [9.17, 15) is 19.2 Å². The van der Waals surface area contributed by atoms with Crippen molar-refractivity contribution in [1.29, 1.82) is 0 Å². The molecule has 0 aromatic heterocycles. The van der Waals surface area contributed by atoms with Crippen LogP contribution in [0.1, 0.15) is 6.92 Å². The highest BCUT2D eigenvalue weighted by molar-refractivity contribution is 5.76. The number of ketones is 1. The Kier molecular flexibility index (Phi) is 25.1. The van der Waals surface area contributed by atoms with Crippen LogP contribution in [0.25, 0.3) is 0 Å². The van der Waals surface area contributed by atoms with Crippen LogP contribution in [-0.4, -0.2) is 152 Å². The third-order valence-electron chi connectivity index (χ3n) is 4.06. The van der Waals surface area contributed by atoms with Crippen LogP contribution in [0.15, 0.2) is 0 Å². The number of carboxylic acids is 2. The number of carbonyl (C=O) groups is 4. The molecule has 2 unspecified atom stereocenters. The van der Waals surface area contributed by atoms with E-state index in [4.69, 9.17) is 52.8 Å². The highest BCUT2D eigenvalue weighted by atomic mass is 16.6. The minimum atomic E-state index is -1.08. The van der Waals surface area contributed by atoms with Gasteiger partial charge in [0, 0.05) is 0 Å². The number of hydrogen-bond donors (Lipinski definition) is 2. The summed E-state index contributed by atoms with van der Waals surface area (Å²) in [6, 6.07) is 0. The highest BCUT2D eigenvalue weighted by Crippen LogP contribution is 2.01. The average Bonchev–Trinajstić information content (AvgIpc) is 2.86. The van der Waals surface area contributed by atoms with E-state index in [-0.39, 0.29) is 98.3 Å². The van der Waals surface area contributed by atoms with E-state index in [1.807, 2.05) is 0 Å². The molecule has 15 heteroatoms. The number of aliphatic carboxylic acids is 2. The molecule has 0 spiro atoms. The van der Waals surface area contributed by atoms with Crippen molar-refractivity contribution in [2.24, 2.45) is 0 Å². The van der Waals surface area contributed by atoms with Crippen molar-refractivity contribution in [3.63, 3.8) is 0 Å². The first kappa shape index (κ1) is 35.9. The first-order valence-electron chi connectivity index (χ1n) is 12.0. The predicted octanol–water partition coefficient (Wildman–Crippen LogP) is -1.17. The fourth-order valence-electron chi connectivity index (χ4n) is 2.50. The molecule has 0 bridgehead atoms. The van der Waals surface area contributed by atoms with Gasteiger partial charge < -0.3 is 57.6 Å². The summed E-state index contributed by atoms with van der Waals surface area (Å²) in [6.45, 7) is 2.27. The summed E-state index contributed by atoms with van der Waals surface area (Å²) in [5, 5.41) is 17.1. The summed E-state index contributed by atoms with van der Waals surface area (Å²) in [4.78, 5) is 42.2. The molecule has 0 radical (unpaired) electrons. The predicted molar refractivity (Wildman–Crippen MR) is 127 cm³/mol. The molecule has 0 fully saturated rings. The molecule has 0 aliphatic carbocycles. The van der Waals surface area contributed by atoms with Crippen molar-refractivity contribution in [1.82, 2.24) is 0 Å². The quantitative estimate of drug-likeness (QED) is 0.0793. The number of Topliss-reactive ketones (excluding diaryl/α,β-unsaturated/α-hetero) is 1. The van der Waals surface area contributed by atoms with Crippen LogP contribution < -0.4 is 0 Å². The Morgan fingerprint density at radius 3 is 1.42 bits per heavy atom. The standard InChI is InChI=1S/C23H40O15/c1-19(25)12-31-9-11-38-21(14-33-5-7-35-18-23(28)29)16-36-15-20(37-10-8-30-3-2-24)13-32-4-6-34-17-22(26)27/h2,20-21H,3-18H2,1H3,(H,26,27)(H,28,29). The van der Waals surface area contributed by atoms with E-state index in [0.717, 1.165) is 0 Å². The van der Waals surface area contributed by atoms with E-state index in [0.29, 0.717) is 6.29 Å². The fourth-order valence-corrected chi connectivity index (χ4v) is 2.50. The van der Waals surface area contributed by atoms with Gasteiger partial charge in [0.1, 0.15) is 44.9 Å². The maximum absolute atomic E-state index is 11.0. The zero-order chi connectivity index (χ0) is 28.3. The van der Waals surface area contributed by atoms with Crippen molar-refractivity contribution in [2.45, 2.75) is 19.1 Å². The highest BCUT2D eigenvalue weighted by Gasteiger charge is 2.15. The normalized spacial score (nSPS) is 12.8. The molecule has 0 amide bonds. The second-order valence-corrected chi connectivity index (χ2v) is 7.56. The van der Waals surface area contributed by atoms with Crippen molar-refractivity contribution >= 4 is 24.0 Å². The van der Waals surface area contributed by atoms with Gasteiger partial charge in [-0.2, -0.15) is 0 Å². The first-order chi connectivity index (χ1) is 18.3. The Labute approximate surface area is 221 Å². The number of ether oxygens (including phenoxy) is 9. The van der Waals surface area contributed by atoms with Gasteiger partial charge in [0.05, 0.1) is 79.3 Å². The Hall–Kier alpha value is -2.08. The summed E-state index contributed by atoms with van der Waals surface area (Å²) in [5.74, 6) is -2.25. The molecule has 0 saturated carbocycles. The van der Waals surface area contributed by atoms with Crippen LogP contribution in [0, 0.1) is 0 Å². The van der Waals surface area contributed by atoms with Gasteiger partial charge in [0.15, 0.2) is 5.78 Å². The number of hydrogen-bond acceptors (Lipinski definition) is 13. The zero-order valence-electron chi connectivity index (χ0n) is 21.7. The van der Waals surface area contributed by atoms with E-state index in [2.05, 4.69) is 0 Å². The summed E-state index contributed by atoms with van der Waals surface area (Å²) >= 11 is 0. The van der Waals surface area contributed by atoms with Gasteiger partial charge in [-0.25, -0.2) is 9.59 Å². The number of carboxylic acid groups (broad SMARTS) is 2.